The third kappa shape index (κ3) is 3.69. The van der Waals surface area contributed by atoms with Crippen LogP contribution in [0.2, 0.25) is 0 Å². The number of ether oxygens (including phenoxy) is 2. The number of hydrogen-bond donors (Lipinski definition) is 1. The topological polar surface area (TPSA) is 30.5 Å². The molecule has 1 spiro atoms. The Bertz CT molecular complexity index is 229. The monoisotopic (exact) mass is 255 g/mol. The maximum atomic E-state index is 6.10. The van der Waals surface area contributed by atoms with Gasteiger partial charge < -0.3 is 14.8 Å². The molecule has 18 heavy (non-hydrogen) atoms. The van der Waals surface area contributed by atoms with Crippen LogP contribution < -0.4 is 5.32 Å². The molecule has 2 atom stereocenters. The fourth-order valence-corrected chi connectivity index (χ4v) is 3.46. The molecule has 2 rings (SSSR count). The van der Waals surface area contributed by atoms with E-state index in [1.54, 1.807) is 0 Å². The van der Waals surface area contributed by atoms with Crippen molar-refractivity contribution < 1.29 is 9.47 Å². The first-order chi connectivity index (χ1) is 8.78. The van der Waals surface area contributed by atoms with Crippen molar-refractivity contribution in [2.75, 3.05) is 26.9 Å². The molecule has 3 nitrogen and oxygen atoms in total. The Labute approximate surface area is 112 Å². The van der Waals surface area contributed by atoms with E-state index in [1.807, 2.05) is 0 Å². The Balaban J connectivity index is 1.79. The van der Waals surface area contributed by atoms with Gasteiger partial charge in [-0.2, -0.15) is 0 Å². The van der Waals surface area contributed by atoms with Crippen LogP contribution in [0.5, 0.6) is 0 Å². The summed E-state index contributed by atoms with van der Waals surface area (Å²) in [4.78, 5) is 0. The van der Waals surface area contributed by atoms with Gasteiger partial charge in [0.25, 0.3) is 0 Å². The molecule has 0 bridgehead atoms. The standard InChI is InChI=1S/C15H29NO2/c1-3-14(16-2)5-4-13-6-9-18-15(12-13)7-10-17-11-8-15/h13-14,16H,3-12H2,1-2H3. The molecule has 0 aromatic heterocycles. The van der Waals surface area contributed by atoms with Crippen LogP contribution >= 0.6 is 0 Å². The van der Waals surface area contributed by atoms with Crippen LogP contribution in [0.1, 0.15) is 51.9 Å². The van der Waals surface area contributed by atoms with Crippen LogP contribution in [0, 0.1) is 5.92 Å². The Morgan fingerprint density at radius 1 is 1.28 bits per heavy atom. The average molecular weight is 255 g/mol. The summed E-state index contributed by atoms with van der Waals surface area (Å²) in [6, 6.07) is 0.693. The predicted molar refractivity (Wildman–Crippen MR) is 73.8 cm³/mol. The van der Waals surface area contributed by atoms with Gasteiger partial charge >= 0.3 is 0 Å². The summed E-state index contributed by atoms with van der Waals surface area (Å²) in [7, 11) is 2.08. The number of rotatable bonds is 5. The van der Waals surface area contributed by atoms with Gasteiger partial charge in [0.05, 0.1) is 5.60 Å². The Morgan fingerprint density at radius 3 is 2.72 bits per heavy atom. The number of nitrogens with one attached hydrogen (secondary N) is 1. The molecule has 106 valence electrons. The molecule has 2 fully saturated rings. The third-order valence-electron chi connectivity index (χ3n) is 4.82. The molecule has 2 aliphatic heterocycles. The summed E-state index contributed by atoms with van der Waals surface area (Å²) in [5.41, 5.74) is 0.169. The molecule has 2 heterocycles. The maximum absolute atomic E-state index is 6.10. The van der Waals surface area contributed by atoms with Crippen molar-refractivity contribution in [3.8, 4) is 0 Å². The quantitative estimate of drug-likeness (QED) is 0.819. The fourth-order valence-electron chi connectivity index (χ4n) is 3.46. The zero-order valence-corrected chi connectivity index (χ0v) is 12.0. The minimum absolute atomic E-state index is 0.169. The Hall–Kier alpha value is -0.120. The van der Waals surface area contributed by atoms with Crippen molar-refractivity contribution in [3.05, 3.63) is 0 Å². The van der Waals surface area contributed by atoms with E-state index >= 15 is 0 Å². The second-order valence-electron chi connectivity index (χ2n) is 5.97. The summed E-state index contributed by atoms with van der Waals surface area (Å²) < 4.78 is 11.6. The molecule has 2 unspecified atom stereocenters. The second-order valence-corrected chi connectivity index (χ2v) is 5.97. The minimum Gasteiger partial charge on any atom is -0.381 e. The SMILES string of the molecule is CCC(CCC1CCOC2(CCOCC2)C1)NC. The molecular weight excluding hydrogens is 226 g/mol. The van der Waals surface area contributed by atoms with Crippen molar-refractivity contribution >= 4 is 0 Å². The van der Waals surface area contributed by atoms with Gasteiger partial charge in [0.15, 0.2) is 0 Å². The summed E-state index contributed by atoms with van der Waals surface area (Å²) >= 11 is 0. The lowest BCUT2D eigenvalue weighted by molar-refractivity contribution is -0.147. The molecule has 1 N–H and O–H groups in total. The van der Waals surface area contributed by atoms with Gasteiger partial charge in [-0.1, -0.05) is 6.92 Å². The van der Waals surface area contributed by atoms with E-state index < -0.39 is 0 Å². The van der Waals surface area contributed by atoms with Crippen LogP contribution in [0.3, 0.4) is 0 Å². The van der Waals surface area contributed by atoms with E-state index in [0.29, 0.717) is 6.04 Å². The summed E-state index contributed by atoms with van der Waals surface area (Å²) in [6.45, 7) is 5.01. The summed E-state index contributed by atoms with van der Waals surface area (Å²) in [5.74, 6) is 0.860. The highest BCUT2D eigenvalue weighted by atomic mass is 16.5. The fraction of sp³-hybridized carbons (Fsp3) is 1.00. The van der Waals surface area contributed by atoms with E-state index in [1.165, 1.54) is 32.1 Å². The highest BCUT2D eigenvalue weighted by Crippen LogP contribution is 2.38. The smallest absolute Gasteiger partial charge is 0.0729 e. The minimum atomic E-state index is 0.169. The zero-order valence-electron chi connectivity index (χ0n) is 12.0. The first kappa shape index (κ1) is 14.3. The highest BCUT2D eigenvalue weighted by Gasteiger charge is 2.38. The van der Waals surface area contributed by atoms with Crippen molar-refractivity contribution in [2.24, 2.45) is 5.92 Å². The molecule has 0 amide bonds. The summed E-state index contributed by atoms with van der Waals surface area (Å²) in [5, 5.41) is 3.41. The van der Waals surface area contributed by atoms with E-state index in [2.05, 4.69) is 19.3 Å². The second kappa shape index (κ2) is 6.88. The first-order valence-electron chi connectivity index (χ1n) is 7.67. The molecule has 2 saturated heterocycles. The maximum Gasteiger partial charge on any atom is 0.0729 e. The lowest BCUT2D eigenvalue weighted by atomic mass is 9.78. The van der Waals surface area contributed by atoms with Crippen molar-refractivity contribution in [1.82, 2.24) is 5.32 Å². The van der Waals surface area contributed by atoms with Crippen molar-refractivity contribution in [2.45, 2.75) is 63.5 Å². The molecule has 0 saturated carbocycles. The lowest BCUT2D eigenvalue weighted by Crippen LogP contribution is -2.44. The van der Waals surface area contributed by atoms with Gasteiger partial charge in [0.2, 0.25) is 0 Å². The van der Waals surface area contributed by atoms with Crippen molar-refractivity contribution in [1.29, 1.82) is 0 Å². The van der Waals surface area contributed by atoms with Crippen LogP contribution in [0.15, 0.2) is 0 Å². The van der Waals surface area contributed by atoms with Gasteiger partial charge in [0, 0.05) is 25.9 Å². The highest BCUT2D eigenvalue weighted by molar-refractivity contribution is 4.89. The van der Waals surface area contributed by atoms with E-state index in [-0.39, 0.29) is 5.60 Å². The predicted octanol–water partition coefficient (Wildman–Crippen LogP) is 2.74. The molecule has 0 aliphatic carbocycles. The van der Waals surface area contributed by atoms with Gasteiger partial charge in [-0.15, -0.1) is 0 Å². The number of hydrogen-bond acceptors (Lipinski definition) is 3. The van der Waals surface area contributed by atoms with E-state index in [9.17, 15) is 0 Å². The summed E-state index contributed by atoms with van der Waals surface area (Å²) in [6.07, 6.45) is 8.62. The largest absolute Gasteiger partial charge is 0.381 e. The third-order valence-corrected chi connectivity index (χ3v) is 4.82. The van der Waals surface area contributed by atoms with E-state index in [4.69, 9.17) is 9.47 Å². The molecular formula is C15H29NO2. The van der Waals surface area contributed by atoms with Crippen LogP contribution in [-0.4, -0.2) is 38.5 Å². The molecule has 2 aliphatic rings. The van der Waals surface area contributed by atoms with Gasteiger partial charge in [-0.3, -0.25) is 0 Å². The molecule has 0 aromatic carbocycles. The van der Waals surface area contributed by atoms with Gasteiger partial charge in [-0.05, 0) is 57.9 Å². The molecule has 3 heteroatoms. The van der Waals surface area contributed by atoms with Gasteiger partial charge in [0.1, 0.15) is 0 Å². The lowest BCUT2D eigenvalue weighted by Gasteiger charge is -2.43. The zero-order chi connectivity index (χ0) is 12.8. The Kier molecular flexibility index (Phi) is 5.46. The van der Waals surface area contributed by atoms with Crippen LogP contribution in [0.4, 0.5) is 0 Å². The van der Waals surface area contributed by atoms with Gasteiger partial charge in [-0.25, -0.2) is 0 Å². The van der Waals surface area contributed by atoms with Crippen LogP contribution in [0.25, 0.3) is 0 Å². The van der Waals surface area contributed by atoms with E-state index in [0.717, 1.165) is 38.6 Å². The molecule has 0 radical (unpaired) electrons. The normalized spacial score (nSPS) is 29.3. The first-order valence-corrected chi connectivity index (χ1v) is 7.67. The molecule has 0 aromatic rings. The van der Waals surface area contributed by atoms with Crippen molar-refractivity contribution in [3.63, 3.8) is 0 Å². The van der Waals surface area contributed by atoms with Crippen LogP contribution in [-0.2, 0) is 9.47 Å². The average Bonchev–Trinajstić information content (AvgIpc) is 2.41. The Morgan fingerprint density at radius 2 is 2.06 bits per heavy atom.